The Morgan fingerprint density at radius 1 is 1.43 bits per heavy atom. The monoisotopic (exact) mass is 287 g/mol. The number of carbonyl (C=O) groups is 1. The van der Waals surface area contributed by atoms with Crippen LogP contribution in [-0.2, 0) is 16.1 Å². The predicted molar refractivity (Wildman–Crippen MR) is 81.8 cm³/mol. The van der Waals surface area contributed by atoms with Gasteiger partial charge in [0.25, 0.3) is 0 Å². The first kappa shape index (κ1) is 14.0. The van der Waals surface area contributed by atoms with Gasteiger partial charge in [0.05, 0.1) is 20.1 Å². The molecule has 1 aliphatic rings. The largest absolute Gasteiger partial charge is 0.496 e. The Morgan fingerprint density at radius 2 is 2.24 bits per heavy atom. The van der Waals surface area contributed by atoms with Crippen LogP contribution < -0.4 is 4.74 Å². The lowest BCUT2D eigenvalue weighted by atomic mass is 9.99. The molecular weight excluding hydrogens is 266 g/mol. The van der Waals surface area contributed by atoms with Gasteiger partial charge in [0.15, 0.2) is 0 Å². The van der Waals surface area contributed by atoms with E-state index in [1.807, 2.05) is 13.0 Å². The first-order chi connectivity index (χ1) is 10.2. The quantitative estimate of drug-likeness (QED) is 0.809. The molecule has 2 aromatic rings. The van der Waals surface area contributed by atoms with Gasteiger partial charge in [0.1, 0.15) is 5.75 Å². The number of methoxy groups -OCH3 is 1. The summed E-state index contributed by atoms with van der Waals surface area (Å²) in [4.78, 5) is 11.7. The second kappa shape index (κ2) is 5.43. The van der Waals surface area contributed by atoms with Crippen LogP contribution in [0.3, 0.4) is 0 Å². The van der Waals surface area contributed by atoms with E-state index >= 15 is 0 Å². The van der Waals surface area contributed by atoms with Crippen LogP contribution in [0.4, 0.5) is 0 Å². The minimum Gasteiger partial charge on any atom is -0.496 e. The number of aromatic nitrogens is 1. The van der Waals surface area contributed by atoms with Crippen LogP contribution in [0.5, 0.6) is 5.75 Å². The third kappa shape index (κ3) is 2.28. The van der Waals surface area contributed by atoms with Crippen molar-refractivity contribution in [3.05, 3.63) is 29.5 Å². The maximum atomic E-state index is 11.7. The van der Waals surface area contributed by atoms with E-state index in [9.17, 15) is 4.79 Å². The maximum Gasteiger partial charge on any atom is 0.306 e. The molecule has 21 heavy (non-hydrogen) atoms. The molecule has 0 fully saturated rings. The third-order valence-electron chi connectivity index (χ3n) is 4.39. The Kier molecular flexibility index (Phi) is 3.62. The van der Waals surface area contributed by atoms with Crippen molar-refractivity contribution < 1.29 is 14.3 Å². The summed E-state index contributed by atoms with van der Waals surface area (Å²) in [5, 5.41) is 1.22. The van der Waals surface area contributed by atoms with Crippen molar-refractivity contribution >= 4 is 16.9 Å². The summed E-state index contributed by atoms with van der Waals surface area (Å²) in [6, 6.07) is 6.34. The highest BCUT2D eigenvalue weighted by Crippen LogP contribution is 2.39. The van der Waals surface area contributed by atoms with Gasteiger partial charge in [-0.1, -0.05) is 0 Å². The number of benzene rings is 1. The van der Waals surface area contributed by atoms with Crippen LogP contribution in [0.25, 0.3) is 10.9 Å². The fourth-order valence-corrected chi connectivity index (χ4v) is 3.35. The number of esters is 1. The standard InChI is InChI=1S/C17H21NO3/c1-4-21-17(19)9-12-7-8-18-14-5-6-16(20-3)11(2)13(14)10-15(12)18/h5-6,10,12H,4,7-9H2,1-3H3. The molecule has 1 atom stereocenters. The highest BCUT2D eigenvalue weighted by Gasteiger charge is 2.27. The van der Waals surface area contributed by atoms with Crippen molar-refractivity contribution in [3.63, 3.8) is 0 Å². The zero-order valence-corrected chi connectivity index (χ0v) is 12.8. The second-order valence-corrected chi connectivity index (χ2v) is 5.54. The Balaban J connectivity index is 1.97. The number of carbonyl (C=O) groups excluding carboxylic acids is 1. The lowest BCUT2D eigenvalue weighted by Gasteiger charge is -2.08. The van der Waals surface area contributed by atoms with E-state index in [0.29, 0.717) is 13.0 Å². The van der Waals surface area contributed by atoms with Crippen LogP contribution in [0, 0.1) is 6.92 Å². The fourth-order valence-electron chi connectivity index (χ4n) is 3.35. The first-order valence-electron chi connectivity index (χ1n) is 7.48. The second-order valence-electron chi connectivity index (χ2n) is 5.54. The van der Waals surface area contributed by atoms with E-state index in [1.54, 1.807) is 7.11 Å². The summed E-state index contributed by atoms with van der Waals surface area (Å²) >= 11 is 0. The van der Waals surface area contributed by atoms with Gasteiger partial charge in [-0.2, -0.15) is 0 Å². The molecule has 0 radical (unpaired) electrons. The van der Waals surface area contributed by atoms with Gasteiger partial charge in [0.2, 0.25) is 0 Å². The van der Waals surface area contributed by atoms with Crippen LogP contribution in [0.15, 0.2) is 18.2 Å². The van der Waals surface area contributed by atoms with Gasteiger partial charge >= 0.3 is 5.97 Å². The molecule has 1 aromatic heterocycles. The fraction of sp³-hybridized carbons (Fsp3) is 0.471. The average Bonchev–Trinajstić information content (AvgIpc) is 3.01. The Bertz CT molecular complexity index is 687. The molecule has 0 amide bonds. The molecule has 1 aliphatic heterocycles. The molecule has 0 bridgehead atoms. The minimum absolute atomic E-state index is 0.101. The number of rotatable bonds is 4. The van der Waals surface area contributed by atoms with Crippen molar-refractivity contribution in [2.45, 2.75) is 39.2 Å². The number of hydrogen-bond donors (Lipinski definition) is 0. The van der Waals surface area contributed by atoms with E-state index < -0.39 is 0 Å². The van der Waals surface area contributed by atoms with Gasteiger partial charge in [-0.15, -0.1) is 0 Å². The summed E-state index contributed by atoms with van der Waals surface area (Å²) in [6.45, 7) is 5.34. The zero-order valence-electron chi connectivity index (χ0n) is 12.8. The predicted octanol–water partition coefficient (Wildman–Crippen LogP) is 3.40. The molecule has 0 aliphatic carbocycles. The Hall–Kier alpha value is -1.97. The van der Waals surface area contributed by atoms with Crippen molar-refractivity contribution in [2.75, 3.05) is 13.7 Å². The summed E-state index contributed by atoms with van der Waals surface area (Å²) in [5.74, 6) is 1.08. The summed E-state index contributed by atoms with van der Waals surface area (Å²) in [7, 11) is 1.70. The van der Waals surface area contributed by atoms with E-state index in [0.717, 1.165) is 24.3 Å². The van der Waals surface area contributed by atoms with Crippen LogP contribution in [0.2, 0.25) is 0 Å². The highest BCUT2D eigenvalue weighted by molar-refractivity contribution is 5.87. The van der Waals surface area contributed by atoms with E-state index in [4.69, 9.17) is 9.47 Å². The third-order valence-corrected chi connectivity index (χ3v) is 4.39. The number of hydrogen-bond acceptors (Lipinski definition) is 3. The average molecular weight is 287 g/mol. The molecule has 4 heteroatoms. The SMILES string of the molecule is CCOC(=O)CC1CCn2c1cc1c(C)c(OC)ccc12. The van der Waals surface area contributed by atoms with Gasteiger partial charge in [0, 0.05) is 34.6 Å². The summed E-state index contributed by atoms with van der Waals surface area (Å²) in [5.41, 5.74) is 3.64. The molecule has 2 heterocycles. The summed E-state index contributed by atoms with van der Waals surface area (Å²) < 4.78 is 12.8. The van der Waals surface area contributed by atoms with Crippen LogP contribution >= 0.6 is 0 Å². The number of ether oxygens (including phenoxy) is 2. The van der Waals surface area contributed by atoms with Crippen molar-refractivity contribution in [1.82, 2.24) is 4.57 Å². The molecule has 0 spiro atoms. The molecule has 0 saturated carbocycles. The molecule has 4 nitrogen and oxygen atoms in total. The van der Waals surface area contributed by atoms with E-state index in [-0.39, 0.29) is 11.9 Å². The Morgan fingerprint density at radius 3 is 2.95 bits per heavy atom. The first-order valence-corrected chi connectivity index (χ1v) is 7.48. The van der Waals surface area contributed by atoms with Crippen molar-refractivity contribution in [3.8, 4) is 5.75 Å². The van der Waals surface area contributed by atoms with Crippen LogP contribution in [0.1, 0.15) is 36.9 Å². The number of fused-ring (bicyclic) bond motifs is 3. The molecule has 3 rings (SSSR count). The van der Waals surface area contributed by atoms with Gasteiger partial charge < -0.3 is 14.0 Å². The molecule has 0 saturated heterocycles. The lowest BCUT2D eigenvalue weighted by Crippen LogP contribution is -2.08. The van der Waals surface area contributed by atoms with E-state index in [1.165, 1.54) is 16.6 Å². The molecule has 0 N–H and O–H groups in total. The van der Waals surface area contributed by atoms with E-state index in [2.05, 4.69) is 23.6 Å². The number of aryl methyl sites for hydroxylation is 2. The minimum atomic E-state index is -0.101. The van der Waals surface area contributed by atoms with Crippen molar-refractivity contribution in [2.24, 2.45) is 0 Å². The Labute approximate surface area is 124 Å². The molecule has 112 valence electrons. The topological polar surface area (TPSA) is 40.5 Å². The van der Waals surface area contributed by atoms with Crippen molar-refractivity contribution in [1.29, 1.82) is 0 Å². The molecule has 1 unspecified atom stereocenters. The smallest absolute Gasteiger partial charge is 0.306 e. The zero-order chi connectivity index (χ0) is 15.0. The summed E-state index contributed by atoms with van der Waals surface area (Å²) in [6.07, 6.45) is 1.48. The molecule has 1 aromatic carbocycles. The highest BCUT2D eigenvalue weighted by atomic mass is 16.5. The normalized spacial score (nSPS) is 17.0. The van der Waals surface area contributed by atoms with Gasteiger partial charge in [-0.25, -0.2) is 0 Å². The van der Waals surface area contributed by atoms with Gasteiger partial charge in [-0.3, -0.25) is 4.79 Å². The van der Waals surface area contributed by atoms with Crippen LogP contribution in [-0.4, -0.2) is 24.3 Å². The maximum absolute atomic E-state index is 11.7. The number of nitrogens with zero attached hydrogens (tertiary/aromatic N) is 1. The molecular formula is C17H21NO3. The lowest BCUT2D eigenvalue weighted by molar-refractivity contribution is -0.143. The van der Waals surface area contributed by atoms with Gasteiger partial charge in [-0.05, 0) is 38.5 Å².